The van der Waals surface area contributed by atoms with Crippen molar-refractivity contribution in [1.29, 1.82) is 0 Å². The third-order valence-electron chi connectivity index (χ3n) is 2.17. The zero-order valence-corrected chi connectivity index (χ0v) is 10.4. The van der Waals surface area contributed by atoms with Gasteiger partial charge in [-0.2, -0.15) is 0 Å². The smallest absolute Gasteiger partial charge is 0.223 e. The van der Waals surface area contributed by atoms with Gasteiger partial charge in [0.15, 0.2) is 0 Å². The van der Waals surface area contributed by atoms with Crippen LogP contribution in [0.3, 0.4) is 0 Å². The Labute approximate surface area is 109 Å². The maximum atomic E-state index is 6.01. The van der Waals surface area contributed by atoms with Gasteiger partial charge in [-0.3, -0.25) is 0 Å². The lowest BCUT2D eigenvalue weighted by atomic mass is 10.3. The lowest BCUT2D eigenvalue weighted by molar-refractivity contribution is 0.456. The number of aromatic nitrogens is 1. The van der Waals surface area contributed by atoms with Crippen LogP contribution in [-0.4, -0.2) is 4.98 Å². The first-order valence-electron chi connectivity index (χ1n) is 4.97. The third-order valence-corrected chi connectivity index (χ3v) is 2.70. The Bertz CT molecular complexity index is 532. The van der Waals surface area contributed by atoms with Gasteiger partial charge >= 0.3 is 0 Å². The van der Waals surface area contributed by atoms with Crippen molar-refractivity contribution >= 4 is 23.2 Å². The van der Waals surface area contributed by atoms with Gasteiger partial charge in [0.1, 0.15) is 5.75 Å². The van der Waals surface area contributed by atoms with Crippen molar-refractivity contribution in [1.82, 2.24) is 4.98 Å². The first-order chi connectivity index (χ1) is 8.20. The molecule has 88 valence electrons. The lowest BCUT2D eigenvalue weighted by Gasteiger charge is -2.09. The molecule has 0 saturated carbocycles. The van der Waals surface area contributed by atoms with Gasteiger partial charge in [0, 0.05) is 23.3 Å². The van der Waals surface area contributed by atoms with Crippen LogP contribution in [0.15, 0.2) is 36.5 Å². The minimum atomic E-state index is 0.356. The van der Waals surface area contributed by atoms with Gasteiger partial charge in [-0.25, -0.2) is 4.98 Å². The van der Waals surface area contributed by atoms with Crippen molar-refractivity contribution in [3.63, 3.8) is 0 Å². The van der Waals surface area contributed by atoms with Crippen LogP contribution in [0.25, 0.3) is 0 Å². The average Bonchev–Trinajstić information content (AvgIpc) is 2.33. The standard InChI is InChI=1S/C12H10Cl2N2O/c13-9-3-4-11(10(14)6-9)17-12-8(7-15)2-1-5-16-12/h1-6H,7,15H2. The Morgan fingerprint density at radius 1 is 1.24 bits per heavy atom. The van der Waals surface area contributed by atoms with Crippen LogP contribution in [0.2, 0.25) is 10.0 Å². The predicted molar refractivity (Wildman–Crippen MR) is 68.7 cm³/mol. The Balaban J connectivity index is 2.31. The Hall–Kier alpha value is -1.29. The molecule has 2 N–H and O–H groups in total. The van der Waals surface area contributed by atoms with E-state index in [2.05, 4.69) is 4.98 Å². The van der Waals surface area contributed by atoms with E-state index in [-0.39, 0.29) is 0 Å². The minimum Gasteiger partial charge on any atom is -0.437 e. The van der Waals surface area contributed by atoms with E-state index in [0.29, 0.717) is 28.2 Å². The number of hydrogen-bond acceptors (Lipinski definition) is 3. The van der Waals surface area contributed by atoms with Gasteiger partial charge in [0.25, 0.3) is 0 Å². The highest BCUT2D eigenvalue weighted by Crippen LogP contribution is 2.31. The van der Waals surface area contributed by atoms with Crippen molar-refractivity contribution < 1.29 is 4.74 Å². The molecule has 0 saturated heterocycles. The topological polar surface area (TPSA) is 48.1 Å². The molecule has 0 amide bonds. The fourth-order valence-electron chi connectivity index (χ4n) is 1.33. The van der Waals surface area contributed by atoms with E-state index in [1.54, 1.807) is 30.5 Å². The summed E-state index contributed by atoms with van der Waals surface area (Å²) in [7, 11) is 0. The first kappa shape index (κ1) is 12.2. The van der Waals surface area contributed by atoms with Crippen molar-refractivity contribution in [3.8, 4) is 11.6 Å². The summed E-state index contributed by atoms with van der Waals surface area (Å²) >= 11 is 11.8. The predicted octanol–water partition coefficient (Wildman–Crippen LogP) is 3.64. The molecule has 0 aliphatic rings. The van der Waals surface area contributed by atoms with E-state index >= 15 is 0 Å². The second kappa shape index (κ2) is 5.36. The molecule has 0 bridgehead atoms. The summed E-state index contributed by atoms with van der Waals surface area (Å²) in [5.41, 5.74) is 6.41. The highest BCUT2D eigenvalue weighted by atomic mass is 35.5. The summed E-state index contributed by atoms with van der Waals surface area (Å²) < 4.78 is 5.60. The Morgan fingerprint density at radius 2 is 2.06 bits per heavy atom. The molecule has 0 radical (unpaired) electrons. The molecule has 1 aromatic carbocycles. The van der Waals surface area contributed by atoms with Crippen LogP contribution < -0.4 is 10.5 Å². The first-order valence-corrected chi connectivity index (χ1v) is 5.73. The van der Waals surface area contributed by atoms with Gasteiger partial charge in [-0.05, 0) is 24.3 Å². The summed E-state index contributed by atoms with van der Waals surface area (Å²) in [6, 6.07) is 8.67. The molecule has 5 heteroatoms. The molecule has 0 aliphatic heterocycles. The van der Waals surface area contributed by atoms with Crippen LogP contribution in [0, 0.1) is 0 Å². The maximum Gasteiger partial charge on any atom is 0.223 e. The number of hydrogen-bond donors (Lipinski definition) is 1. The quantitative estimate of drug-likeness (QED) is 0.925. The van der Waals surface area contributed by atoms with Gasteiger partial charge < -0.3 is 10.5 Å². The van der Waals surface area contributed by atoms with Crippen molar-refractivity contribution in [2.75, 3.05) is 0 Å². The highest BCUT2D eigenvalue weighted by molar-refractivity contribution is 6.35. The Morgan fingerprint density at radius 3 is 2.76 bits per heavy atom. The molecule has 2 aromatic rings. The lowest BCUT2D eigenvalue weighted by Crippen LogP contribution is -2.00. The molecular formula is C12H10Cl2N2O. The molecule has 0 spiro atoms. The van der Waals surface area contributed by atoms with Gasteiger partial charge in [0.2, 0.25) is 5.88 Å². The van der Waals surface area contributed by atoms with Crippen LogP contribution in [0.4, 0.5) is 0 Å². The zero-order chi connectivity index (χ0) is 12.3. The summed E-state index contributed by atoms with van der Waals surface area (Å²) in [5, 5.41) is 0.994. The number of rotatable bonds is 3. The maximum absolute atomic E-state index is 6.01. The average molecular weight is 269 g/mol. The molecule has 0 unspecified atom stereocenters. The van der Waals surface area contributed by atoms with Crippen LogP contribution in [0.1, 0.15) is 5.56 Å². The van der Waals surface area contributed by atoms with Crippen LogP contribution in [0.5, 0.6) is 11.6 Å². The molecule has 0 fully saturated rings. The van der Waals surface area contributed by atoms with Crippen molar-refractivity contribution in [2.24, 2.45) is 5.73 Å². The van der Waals surface area contributed by atoms with Crippen molar-refractivity contribution in [2.45, 2.75) is 6.54 Å². The minimum absolute atomic E-state index is 0.356. The molecule has 3 nitrogen and oxygen atoms in total. The number of benzene rings is 1. The number of nitrogens with two attached hydrogens (primary N) is 1. The summed E-state index contributed by atoms with van der Waals surface area (Å²) in [6.07, 6.45) is 1.64. The second-order valence-electron chi connectivity index (χ2n) is 3.35. The molecule has 1 heterocycles. The summed E-state index contributed by atoms with van der Waals surface area (Å²) in [5.74, 6) is 0.962. The molecule has 0 aliphatic carbocycles. The van der Waals surface area contributed by atoms with Crippen LogP contribution >= 0.6 is 23.2 Å². The fraction of sp³-hybridized carbons (Fsp3) is 0.0833. The largest absolute Gasteiger partial charge is 0.437 e. The van der Waals surface area contributed by atoms with E-state index in [1.165, 1.54) is 0 Å². The number of pyridine rings is 1. The fourth-order valence-corrected chi connectivity index (χ4v) is 1.78. The normalized spacial score (nSPS) is 10.3. The third kappa shape index (κ3) is 2.88. The Kier molecular flexibility index (Phi) is 3.84. The number of halogens is 2. The van der Waals surface area contributed by atoms with Crippen LogP contribution in [-0.2, 0) is 6.54 Å². The second-order valence-corrected chi connectivity index (χ2v) is 4.19. The molecular weight excluding hydrogens is 259 g/mol. The summed E-state index contributed by atoms with van der Waals surface area (Å²) in [4.78, 5) is 4.11. The van der Waals surface area contributed by atoms with Crippen molar-refractivity contribution in [3.05, 3.63) is 52.1 Å². The number of ether oxygens (including phenoxy) is 1. The molecule has 1 aromatic heterocycles. The number of nitrogens with zero attached hydrogens (tertiary/aromatic N) is 1. The van der Waals surface area contributed by atoms with Gasteiger partial charge in [0.05, 0.1) is 5.02 Å². The zero-order valence-electron chi connectivity index (χ0n) is 8.86. The monoisotopic (exact) mass is 268 g/mol. The van der Waals surface area contributed by atoms with E-state index in [1.807, 2.05) is 6.07 Å². The van der Waals surface area contributed by atoms with E-state index in [4.69, 9.17) is 33.7 Å². The van der Waals surface area contributed by atoms with E-state index in [0.717, 1.165) is 5.56 Å². The van der Waals surface area contributed by atoms with Gasteiger partial charge in [-0.1, -0.05) is 29.3 Å². The molecule has 0 atom stereocenters. The molecule has 2 rings (SSSR count). The molecule has 17 heavy (non-hydrogen) atoms. The SMILES string of the molecule is NCc1cccnc1Oc1ccc(Cl)cc1Cl. The highest BCUT2D eigenvalue weighted by Gasteiger charge is 2.07. The van der Waals surface area contributed by atoms with E-state index < -0.39 is 0 Å². The van der Waals surface area contributed by atoms with Gasteiger partial charge in [-0.15, -0.1) is 0 Å². The van der Waals surface area contributed by atoms with E-state index in [9.17, 15) is 0 Å². The summed E-state index contributed by atoms with van der Waals surface area (Å²) in [6.45, 7) is 0.356.